The Morgan fingerprint density at radius 1 is 1.13 bits per heavy atom. The molecule has 2 aromatic rings. The summed E-state index contributed by atoms with van der Waals surface area (Å²) in [6.45, 7) is 4.57. The van der Waals surface area contributed by atoms with Crippen LogP contribution in [0.2, 0.25) is 0 Å². The maximum Gasteiger partial charge on any atom is 0.239 e. The Morgan fingerprint density at radius 2 is 1.78 bits per heavy atom. The molecule has 3 rings (SSSR count). The summed E-state index contributed by atoms with van der Waals surface area (Å²) < 4.78 is 0. The van der Waals surface area contributed by atoms with Crippen molar-refractivity contribution in [3.8, 4) is 0 Å². The minimum Gasteiger partial charge on any atom is -0.368 e. The summed E-state index contributed by atoms with van der Waals surface area (Å²) in [5.41, 5.74) is 9.39. The zero-order valence-electron chi connectivity index (χ0n) is 13.8. The molecule has 120 valence electrons. The largest absolute Gasteiger partial charge is 0.368 e. The van der Waals surface area contributed by atoms with Gasteiger partial charge in [0.2, 0.25) is 5.91 Å². The normalized spacial score (nSPS) is 20.5. The molecule has 23 heavy (non-hydrogen) atoms. The molecule has 0 saturated heterocycles. The summed E-state index contributed by atoms with van der Waals surface area (Å²) in [6.07, 6.45) is 2.09. The summed E-state index contributed by atoms with van der Waals surface area (Å²) in [5, 5.41) is 3.49. The van der Waals surface area contributed by atoms with Gasteiger partial charge in [0, 0.05) is 6.04 Å². The van der Waals surface area contributed by atoms with E-state index in [2.05, 4.69) is 43.4 Å². The van der Waals surface area contributed by atoms with Crippen LogP contribution in [0.5, 0.6) is 0 Å². The lowest BCUT2D eigenvalue weighted by Crippen LogP contribution is -2.39. The van der Waals surface area contributed by atoms with Crippen LogP contribution in [0.15, 0.2) is 54.6 Å². The Bertz CT molecular complexity index is 694. The molecule has 2 aromatic carbocycles. The highest BCUT2D eigenvalue weighted by atomic mass is 16.1. The van der Waals surface area contributed by atoms with Crippen LogP contribution in [0.4, 0.5) is 0 Å². The summed E-state index contributed by atoms with van der Waals surface area (Å²) in [4.78, 5) is 12.0. The number of rotatable bonds is 4. The molecule has 3 N–H and O–H groups in total. The van der Waals surface area contributed by atoms with Gasteiger partial charge < -0.3 is 5.73 Å². The van der Waals surface area contributed by atoms with E-state index in [-0.39, 0.29) is 17.4 Å². The van der Waals surface area contributed by atoms with Crippen molar-refractivity contribution in [1.82, 2.24) is 5.32 Å². The molecule has 0 unspecified atom stereocenters. The molecule has 0 saturated carbocycles. The van der Waals surface area contributed by atoms with Crippen molar-refractivity contribution in [2.24, 2.45) is 5.73 Å². The number of carbonyl (C=O) groups excluding carboxylic acids is 1. The molecule has 3 nitrogen and oxygen atoms in total. The SMILES string of the molecule is CC1(C)CC[C@@H](N[C@H](C(N)=O)c2ccccc2)c2ccccc21. The molecule has 1 aliphatic rings. The Labute approximate surface area is 137 Å². The fourth-order valence-corrected chi connectivity index (χ4v) is 3.57. The molecule has 0 fully saturated rings. The molecule has 1 amide bonds. The minimum absolute atomic E-state index is 0.150. The van der Waals surface area contributed by atoms with Gasteiger partial charge in [-0.3, -0.25) is 10.1 Å². The molecule has 1 aliphatic carbocycles. The summed E-state index contributed by atoms with van der Waals surface area (Å²) in [5.74, 6) is -0.335. The fourth-order valence-electron chi connectivity index (χ4n) is 3.57. The third-order valence-corrected chi connectivity index (χ3v) is 4.91. The summed E-state index contributed by atoms with van der Waals surface area (Å²) >= 11 is 0. The van der Waals surface area contributed by atoms with Gasteiger partial charge in [0.15, 0.2) is 0 Å². The lowest BCUT2D eigenvalue weighted by atomic mass is 9.71. The van der Waals surface area contributed by atoms with E-state index in [4.69, 9.17) is 5.73 Å². The average molecular weight is 308 g/mol. The van der Waals surface area contributed by atoms with Crippen LogP contribution in [-0.4, -0.2) is 5.91 Å². The topological polar surface area (TPSA) is 55.1 Å². The van der Waals surface area contributed by atoms with Crippen LogP contribution in [-0.2, 0) is 10.2 Å². The number of nitrogens with two attached hydrogens (primary N) is 1. The number of nitrogens with one attached hydrogen (secondary N) is 1. The zero-order valence-corrected chi connectivity index (χ0v) is 13.8. The van der Waals surface area contributed by atoms with E-state index in [1.807, 2.05) is 30.3 Å². The van der Waals surface area contributed by atoms with Crippen LogP contribution >= 0.6 is 0 Å². The van der Waals surface area contributed by atoms with E-state index in [9.17, 15) is 4.79 Å². The van der Waals surface area contributed by atoms with Crippen molar-refractivity contribution in [3.63, 3.8) is 0 Å². The molecule has 0 bridgehead atoms. The molecule has 0 spiro atoms. The van der Waals surface area contributed by atoms with E-state index in [0.29, 0.717) is 0 Å². The van der Waals surface area contributed by atoms with Crippen molar-refractivity contribution in [2.75, 3.05) is 0 Å². The second kappa shape index (κ2) is 6.17. The smallest absolute Gasteiger partial charge is 0.239 e. The summed E-state index contributed by atoms with van der Waals surface area (Å²) in [7, 11) is 0. The van der Waals surface area contributed by atoms with Crippen molar-refractivity contribution in [3.05, 3.63) is 71.3 Å². The highest BCUT2D eigenvalue weighted by molar-refractivity contribution is 5.81. The minimum atomic E-state index is -0.463. The third kappa shape index (κ3) is 3.15. The standard InChI is InChI=1S/C20H24N2O/c1-20(2)13-12-17(15-10-6-7-11-16(15)20)22-18(19(21)23)14-8-4-3-5-9-14/h3-11,17-18,22H,12-13H2,1-2H3,(H2,21,23)/t17-,18+/m1/s1. The van der Waals surface area contributed by atoms with E-state index in [1.165, 1.54) is 11.1 Å². The number of amides is 1. The van der Waals surface area contributed by atoms with Gasteiger partial charge in [0.25, 0.3) is 0 Å². The molecule has 2 atom stereocenters. The molecule has 0 aliphatic heterocycles. The van der Waals surface area contributed by atoms with E-state index < -0.39 is 6.04 Å². The van der Waals surface area contributed by atoms with Crippen LogP contribution in [0.1, 0.15) is 55.5 Å². The monoisotopic (exact) mass is 308 g/mol. The van der Waals surface area contributed by atoms with Crippen molar-refractivity contribution in [1.29, 1.82) is 0 Å². The first kappa shape index (κ1) is 15.8. The highest BCUT2D eigenvalue weighted by Gasteiger charge is 2.34. The Balaban J connectivity index is 1.92. The predicted octanol–water partition coefficient (Wildman–Crippen LogP) is 3.62. The van der Waals surface area contributed by atoms with Gasteiger partial charge in [-0.1, -0.05) is 68.4 Å². The van der Waals surface area contributed by atoms with Gasteiger partial charge >= 0.3 is 0 Å². The first-order chi connectivity index (χ1) is 11.0. The second-order valence-corrected chi connectivity index (χ2v) is 6.98. The molecule has 0 heterocycles. The third-order valence-electron chi connectivity index (χ3n) is 4.91. The predicted molar refractivity (Wildman–Crippen MR) is 93.0 cm³/mol. The van der Waals surface area contributed by atoms with E-state index in [0.717, 1.165) is 18.4 Å². The number of fused-ring (bicyclic) bond motifs is 1. The first-order valence-corrected chi connectivity index (χ1v) is 8.19. The number of primary amides is 1. The summed E-state index contributed by atoms with van der Waals surface area (Å²) in [6, 6.07) is 17.9. The quantitative estimate of drug-likeness (QED) is 0.906. The highest BCUT2D eigenvalue weighted by Crippen LogP contribution is 2.42. The average Bonchev–Trinajstić information content (AvgIpc) is 2.55. The zero-order chi connectivity index (χ0) is 16.4. The van der Waals surface area contributed by atoms with Gasteiger partial charge in [-0.25, -0.2) is 0 Å². The van der Waals surface area contributed by atoms with Crippen molar-refractivity contribution >= 4 is 5.91 Å². The van der Waals surface area contributed by atoms with Gasteiger partial charge in [-0.2, -0.15) is 0 Å². The Kier molecular flexibility index (Phi) is 4.22. The number of benzene rings is 2. The van der Waals surface area contributed by atoms with Crippen LogP contribution < -0.4 is 11.1 Å². The number of hydrogen-bond acceptors (Lipinski definition) is 2. The molecular weight excluding hydrogens is 284 g/mol. The Morgan fingerprint density at radius 3 is 2.48 bits per heavy atom. The van der Waals surface area contributed by atoms with E-state index in [1.54, 1.807) is 0 Å². The van der Waals surface area contributed by atoms with Crippen molar-refractivity contribution in [2.45, 2.75) is 44.2 Å². The van der Waals surface area contributed by atoms with Crippen LogP contribution in [0.3, 0.4) is 0 Å². The van der Waals surface area contributed by atoms with Gasteiger partial charge in [0.05, 0.1) is 0 Å². The molecular formula is C20H24N2O. The van der Waals surface area contributed by atoms with Crippen LogP contribution in [0, 0.1) is 0 Å². The first-order valence-electron chi connectivity index (χ1n) is 8.19. The lowest BCUT2D eigenvalue weighted by molar-refractivity contribution is -0.120. The van der Waals surface area contributed by atoms with Gasteiger partial charge in [-0.05, 0) is 34.9 Å². The molecule has 0 aromatic heterocycles. The van der Waals surface area contributed by atoms with Gasteiger partial charge in [0.1, 0.15) is 6.04 Å². The Hall–Kier alpha value is -2.13. The maximum absolute atomic E-state index is 12.0. The lowest BCUT2D eigenvalue weighted by Gasteiger charge is -2.38. The molecule has 0 radical (unpaired) electrons. The van der Waals surface area contributed by atoms with Gasteiger partial charge in [-0.15, -0.1) is 0 Å². The van der Waals surface area contributed by atoms with E-state index >= 15 is 0 Å². The second-order valence-electron chi connectivity index (χ2n) is 6.98. The van der Waals surface area contributed by atoms with Crippen LogP contribution in [0.25, 0.3) is 0 Å². The fraction of sp³-hybridized carbons (Fsp3) is 0.350. The number of hydrogen-bond donors (Lipinski definition) is 2. The maximum atomic E-state index is 12.0. The number of carbonyl (C=O) groups is 1. The molecule has 3 heteroatoms. The van der Waals surface area contributed by atoms with Crippen molar-refractivity contribution < 1.29 is 4.79 Å².